The van der Waals surface area contributed by atoms with Crippen LogP contribution in [0.15, 0.2) is 34.9 Å². The lowest BCUT2D eigenvalue weighted by atomic mass is 9.98. The van der Waals surface area contributed by atoms with Crippen molar-refractivity contribution in [1.82, 2.24) is 19.7 Å². The zero-order valence-electron chi connectivity index (χ0n) is 16.6. The van der Waals surface area contributed by atoms with E-state index in [1.807, 2.05) is 35.0 Å². The summed E-state index contributed by atoms with van der Waals surface area (Å²) < 4.78 is 12.6. The average molecular weight is 396 g/mol. The fraction of sp³-hybridized carbons (Fsp3) is 0.429. The highest BCUT2D eigenvalue weighted by Gasteiger charge is 2.29. The quantitative estimate of drug-likeness (QED) is 0.616. The van der Waals surface area contributed by atoms with E-state index in [9.17, 15) is 9.59 Å². The summed E-state index contributed by atoms with van der Waals surface area (Å²) >= 11 is 0. The summed E-state index contributed by atoms with van der Waals surface area (Å²) in [7, 11) is 0. The molecule has 0 aliphatic carbocycles. The van der Waals surface area contributed by atoms with Gasteiger partial charge in [-0.2, -0.15) is 0 Å². The molecule has 0 bridgehead atoms. The fourth-order valence-corrected chi connectivity index (χ4v) is 3.77. The molecule has 0 N–H and O–H groups in total. The van der Waals surface area contributed by atoms with E-state index < -0.39 is 0 Å². The van der Waals surface area contributed by atoms with Gasteiger partial charge in [0.1, 0.15) is 6.54 Å². The third kappa shape index (κ3) is 4.01. The Morgan fingerprint density at radius 3 is 2.90 bits per heavy atom. The molecular weight excluding hydrogens is 372 g/mol. The van der Waals surface area contributed by atoms with E-state index in [0.29, 0.717) is 31.5 Å². The monoisotopic (exact) mass is 396 g/mol. The van der Waals surface area contributed by atoms with Crippen molar-refractivity contribution in [3.05, 3.63) is 36.4 Å². The number of amides is 1. The number of carbonyl (C=O) groups excluding carboxylic acids is 2. The lowest BCUT2D eigenvalue weighted by Crippen LogP contribution is -2.44. The number of nitrogens with zero attached hydrogens (tertiary/aromatic N) is 4. The van der Waals surface area contributed by atoms with Crippen LogP contribution in [0.5, 0.6) is 0 Å². The van der Waals surface area contributed by atoms with Gasteiger partial charge in [0.15, 0.2) is 0 Å². The molecule has 0 unspecified atom stereocenters. The van der Waals surface area contributed by atoms with Crippen molar-refractivity contribution in [2.45, 2.75) is 33.2 Å². The van der Waals surface area contributed by atoms with Gasteiger partial charge in [0.25, 0.3) is 0 Å². The molecule has 0 spiro atoms. The molecule has 1 aliphatic rings. The van der Waals surface area contributed by atoms with Gasteiger partial charge in [-0.05, 0) is 43.4 Å². The highest BCUT2D eigenvalue weighted by molar-refractivity contribution is 5.86. The molecule has 1 aliphatic heterocycles. The highest BCUT2D eigenvalue weighted by Crippen LogP contribution is 2.25. The van der Waals surface area contributed by atoms with Crippen molar-refractivity contribution in [2.24, 2.45) is 5.92 Å². The number of benzene rings is 1. The summed E-state index contributed by atoms with van der Waals surface area (Å²) in [5, 5.41) is 8.97. The molecule has 8 heteroatoms. The second kappa shape index (κ2) is 8.06. The number of carbonyl (C=O) groups is 2. The van der Waals surface area contributed by atoms with E-state index >= 15 is 0 Å². The number of hydrogen-bond donors (Lipinski definition) is 0. The summed E-state index contributed by atoms with van der Waals surface area (Å²) in [6.45, 7) is 5.21. The average Bonchev–Trinajstić information content (AvgIpc) is 3.34. The van der Waals surface area contributed by atoms with Crippen molar-refractivity contribution in [2.75, 3.05) is 19.7 Å². The minimum absolute atomic E-state index is 0.00413. The predicted molar refractivity (Wildman–Crippen MR) is 106 cm³/mol. The molecule has 1 amide bonds. The van der Waals surface area contributed by atoms with Crippen molar-refractivity contribution in [1.29, 1.82) is 0 Å². The van der Waals surface area contributed by atoms with E-state index in [1.165, 1.54) is 0 Å². The summed E-state index contributed by atoms with van der Waals surface area (Å²) in [5.41, 5.74) is 1.73. The minimum atomic E-state index is -0.235. The molecule has 1 fully saturated rings. The molecule has 1 atom stereocenters. The molecule has 152 valence electrons. The summed E-state index contributed by atoms with van der Waals surface area (Å²) in [4.78, 5) is 26.7. The number of rotatable bonds is 5. The second-order valence-electron chi connectivity index (χ2n) is 7.27. The Labute approximate surface area is 168 Å². The van der Waals surface area contributed by atoms with Crippen LogP contribution < -0.4 is 0 Å². The number of ether oxygens (including phenoxy) is 1. The van der Waals surface area contributed by atoms with Gasteiger partial charge in [0.05, 0.1) is 12.5 Å². The second-order valence-corrected chi connectivity index (χ2v) is 7.27. The molecule has 3 heterocycles. The van der Waals surface area contributed by atoms with Crippen molar-refractivity contribution in [3.8, 4) is 11.5 Å². The van der Waals surface area contributed by atoms with E-state index in [-0.39, 0.29) is 24.3 Å². The largest absolute Gasteiger partial charge is 0.466 e. The van der Waals surface area contributed by atoms with Crippen LogP contribution in [0.1, 0.15) is 25.7 Å². The number of aryl methyl sites for hydroxylation is 1. The first kappa shape index (κ1) is 19.2. The van der Waals surface area contributed by atoms with Gasteiger partial charge in [0, 0.05) is 37.3 Å². The van der Waals surface area contributed by atoms with E-state index in [2.05, 4.69) is 10.2 Å². The molecule has 2 aromatic heterocycles. The number of fused-ring (bicyclic) bond motifs is 1. The molecule has 3 aromatic rings. The first-order chi connectivity index (χ1) is 14.0. The molecule has 1 saturated heterocycles. The minimum Gasteiger partial charge on any atom is -0.466 e. The SMILES string of the molecule is CCOC(=O)[C@@H]1CCCN(C(=O)Cn2ccc3ccc(-c4nnc(C)o4)cc32)C1. The molecule has 1 aromatic carbocycles. The Hall–Kier alpha value is -3.16. The maximum absolute atomic E-state index is 12.9. The summed E-state index contributed by atoms with van der Waals surface area (Å²) in [6, 6.07) is 7.83. The third-order valence-corrected chi connectivity index (χ3v) is 5.25. The number of piperidine rings is 1. The topological polar surface area (TPSA) is 90.5 Å². The molecule has 8 nitrogen and oxygen atoms in total. The third-order valence-electron chi connectivity index (χ3n) is 5.25. The van der Waals surface area contributed by atoms with Crippen LogP contribution in [-0.4, -0.2) is 51.2 Å². The van der Waals surface area contributed by atoms with Crippen LogP contribution >= 0.6 is 0 Å². The smallest absolute Gasteiger partial charge is 0.310 e. The lowest BCUT2D eigenvalue weighted by molar-refractivity contribution is -0.151. The highest BCUT2D eigenvalue weighted by atomic mass is 16.5. The normalized spacial score (nSPS) is 16.9. The summed E-state index contributed by atoms with van der Waals surface area (Å²) in [5.74, 6) is 0.511. The summed E-state index contributed by atoms with van der Waals surface area (Å²) in [6.07, 6.45) is 3.47. The van der Waals surface area contributed by atoms with Crippen molar-refractivity contribution < 1.29 is 18.7 Å². The zero-order chi connectivity index (χ0) is 20.4. The molecule has 4 rings (SSSR count). The predicted octanol–water partition coefficient (Wildman–Crippen LogP) is 2.80. The van der Waals surface area contributed by atoms with Gasteiger partial charge in [-0.15, -0.1) is 10.2 Å². The van der Waals surface area contributed by atoms with E-state index in [4.69, 9.17) is 9.15 Å². The van der Waals surface area contributed by atoms with Gasteiger partial charge in [-0.3, -0.25) is 9.59 Å². The van der Waals surface area contributed by atoms with Crippen LogP contribution in [0.25, 0.3) is 22.4 Å². The van der Waals surface area contributed by atoms with Crippen LogP contribution in [0.4, 0.5) is 0 Å². The molecule has 0 radical (unpaired) electrons. The number of esters is 1. The molecule has 0 saturated carbocycles. The van der Waals surface area contributed by atoms with Crippen LogP contribution in [0, 0.1) is 12.8 Å². The molecular formula is C21H24N4O4. The van der Waals surface area contributed by atoms with E-state index in [0.717, 1.165) is 29.3 Å². The standard InChI is InChI=1S/C21H24N4O4/c1-3-28-21(27)17-5-4-9-25(12-17)19(26)13-24-10-8-15-6-7-16(11-18(15)24)20-23-22-14(2)29-20/h6-8,10-11,17H,3-5,9,12-13H2,1-2H3/t17-/m1/s1. The number of hydrogen-bond acceptors (Lipinski definition) is 6. The van der Waals surface area contributed by atoms with Crippen LogP contribution in [0.2, 0.25) is 0 Å². The van der Waals surface area contributed by atoms with Gasteiger partial charge in [0.2, 0.25) is 17.7 Å². The van der Waals surface area contributed by atoms with Crippen molar-refractivity contribution in [3.63, 3.8) is 0 Å². The van der Waals surface area contributed by atoms with Gasteiger partial charge >= 0.3 is 5.97 Å². The van der Waals surface area contributed by atoms with Crippen molar-refractivity contribution >= 4 is 22.8 Å². The Morgan fingerprint density at radius 2 is 2.14 bits per heavy atom. The first-order valence-corrected chi connectivity index (χ1v) is 9.89. The number of likely N-dealkylation sites (tertiary alicyclic amines) is 1. The van der Waals surface area contributed by atoms with Crippen LogP contribution in [0.3, 0.4) is 0 Å². The lowest BCUT2D eigenvalue weighted by Gasteiger charge is -2.31. The van der Waals surface area contributed by atoms with Gasteiger partial charge < -0.3 is 18.6 Å². The fourth-order valence-electron chi connectivity index (χ4n) is 3.77. The first-order valence-electron chi connectivity index (χ1n) is 9.89. The van der Waals surface area contributed by atoms with Gasteiger partial charge in [-0.1, -0.05) is 6.07 Å². The number of aromatic nitrogens is 3. The van der Waals surface area contributed by atoms with Gasteiger partial charge in [-0.25, -0.2) is 0 Å². The Morgan fingerprint density at radius 1 is 1.28 bits per heavy atom. The Balaban J connectivity index is 1.51. The Bertz CT molecular complexity index is 1040. The maximum Gasteiger partial charge on any atom is 0.310 e. The van der Waals surface area contributed by atoms with Crippen LogP contribution in [-0.2, 0) is 20.9 Å². The zero-order valence-corrected chi connectivity index (χ0v) is 16.6. The maximum atomic E-state index is 12.9. The van der Waals surface area contributed by atoms with E-state index in [1.54, 1.807) is 18.7 Å². The molecule has 29 heavy (non-hydrogen) atoms. The Kier molecular flexibility index (Phi) is 5.33.